The molecule has 0 unspecified atom stereocenters. The Labute approximate surface area is 221 Å². The van der Waals surface area contributed by atoms with Gasteiger partial charge in [-0.05, 0) is 43.7 Å². The number of anilines is 1. The lowest BCUT2D eigenvalue weighted by Crippen LogP contribution is -2.51. The maximum atomic E-state index is 14.4. The minimum atomic E-state index is -1.12. The summed E-state index contributed by atoms with van der Waals surface area (Å²) in [6, 6.07) is 20.1. The molecule has 10 nitrogen and oxygen atoms in total. The summed E-state index contributed by atoms with van der Waals surface area (Å²) in [4.78, 5) is 61.7. The molecule has 4 aliphatic heterocycles. The van der Waals surface area contributed by atoms with Crippen molar-refractivity contribution in [3.05, 3.63) is 105 Å². The fraction of sp³-hybridized carbons (Fsp3) is 0.241. The molecule has 1 spiro atoms. The predicted molar refractivity (Wildman–Crippen MR) is 140 cm³/mol. The minimum absolute atomic E-state index is 0.184. The van der Waals surface area contributed by atoms with Gasteiger partial charge in [0.1, 0.15) is 11.4 Å². The summed E-state index contributed by atoms with van der Waals surface area (Å²) < 4.78 is 1.61. The highest BCUT2D eigenvalue weighted by Gasteiger charge is 2.73. The molecular weight excluding hydrogens is 498 g/mol. The lowest BCUT2D eigenvalue weighted by atomic mass is 9.75. The molecule has 0 N–H and O–H groups in total. The zero-order valence-corrected chi connectivity index (χ0v) is 20.6. The monoisotopic (exact) mass is 519 g/mol. The van der Waals surface area contributed by atoms with Crippen LogP contribution in [0.1, 0.15) is 24.2 Å². The molecule has 0 aliphatic carbocycles. The van der Waals surface area contributed by atoms with E-state index in [1.807, 2.05) is 30.3 Å². The van der Waals surface area contributed by atoms with E-state index >= 15 is 0 Å². The summed E-state index contributed by atoms with van der Waals surface area (Å²) in [6.07, 6.45) is 1.57. The van der Waals surface area contributed by atoms with Crippen LogP contribution >= 0.6 is 0 Å². The summed E-state index contributed by atoms with van der Waals surface area (Å²) in [5.41, 5.74) is 0.636. The molecular formula is C29H21N5O5. The predicted octanol–water partition coefficient (Wildman–Crippen LogP) is 3.13. The van der Waals surface area contributed by atoms with Crippen LogP contribution < -0.4 is 10.5 Å². The molecule has 0 saturated carbocycles. The highest BCUT2D eigenvalue weighted by atomic mass is 16.6. The number of carbonyl (C=O) groups is 2. The molecule has 4 aliphatic rings. The number of rotatable bonds is 2. The second-order valence-corrected chi connectivity index (χ2v) is 10.6. The van der Waals surface area contributed by atoms with Crippen LogP contribution in [0, 0.1) is 22.0 Å². The fourth-order valence-corrected chi connectivity index (χ4v) is 7.61. The Morgan fingerprint density at radius 1 is 0.949 bits per heavy atom. The number of benzene rings is 3. The maximum Gasteiger partial charge on any atom is 0.271 e. The lowest BCUT2D eigenvalue weighted by Gasteiger charge is -2.38. The molecule has 39 heavy (non-hydrogen) atoms. The zero-order chi connectivity index (χ0) is 26.6. The first-order chi connectivity index (χ1) is 18.9. The van der Waals surface area contributed by atoms with Gasteiger partial charge >= 0.3 is 0 Å². The first-order valence-corrected chi connectivity index (χ1v) is 13.0. The Morgan fingerprint density at radius 2 is 1.74 bits per heavy atom. The third-order valence-corrected chi connectivity index (χ3v) is 8.94. The van der Waals surface area contributed by atoms with Gasteiger partial charge in [-0.15, -0.1) is 0 Å². The normalized spacial score (nSPS) is 26.8. The molecule has 3 aromatic carbocycles. The number of nitro groups is 1. The standard InChI is InChI=1S/C29H21N5O5/c35-25-18-9-1-3-11-20(18)30-28-29(19-10-2-4-12-21(19)33(25)28)24-23(22-13-6-14-31(22)29)26(36)32(27(24)37)16-7-5-8-17(15-16)34(38)39/h1-5,7-12,15,22-24H,6,13-14H2/t22-,23-,24+,29-/m0/s1. The average molecular weight is 520 g/mol. The van der Waals surface area contributed by atoms with E-state index in [-0.39, 0.29) is 28.9 Å². The van der Waals surface area contributed by atoms with E-state index in [0.717, 1.165) is 23.3 Å². The number of para-hydroxylation sites is 2. The van der Waals surface area contributed by atoms with Gasteiger partial charge in [0.2, 0.25) is 11.8 Å². The molecule has 0 radical (unpaired) electrons. The van der Waals surface area contributed by atoms with Gasteiger partial charge in [0.05, 0.1) is 39.0 Å². The molecule has 2 amide bonds. The van der Waals surface area contributed by atoms with Crippen LogP contribution in [0.15, 0.2) is 77.6 Å². The van der Waals surface area contributed by atoms with Crippen LogP contribution in [0.5, 0.6) is 0 Å². The summed E-state index contributed by atoms with van der Waals surface area (Å²) in [7, 11) is 0. The van der Waals surface area contributed by atoms with Crippen molar-refractivity contribution in [2.75, 3.05) is 11.4 Å². The molecule has 3 saturated heterocycles. The number of carbonyl (C=O) groups excluding carboxylic acids is 2. The Balaban J connectivity index is 1.42. The molecule has 1 aromatic heterocycles. The molecule has 8 rings (SSSR count). The number of hydrogen-bond acceptors (Lipinski definition) is 7. The number of amides is 2. The van der Waals surface area contributed by atoms with E-state index in [1.54, 1.807) is 28.8 Å². The first-order valence-electron chi connectivity index (χ1n) is 13.0. The number of imide groups is 1. The van der Waals surface area contributed by atoms with Crippen LogP contribution in [0.4, 0.5) is 11.4 Å². The van der Waals surface area contributed by atoms with E-state index in [1.165, 1.54) is 18.2 Å². The number of fused-ring (bicyclic) bond motifs is 11. The van der Waals surface area contributed by atoms with Gasteiger partial charge in [-0.2, -0.15) is 0 Å². The van der Waals surface area contributed by atoms with Gasteiger partial charge in [0.25, 0.3) is 11.2 Å². The van der Waals surface area contributed by atoms with E-state index < -0.39 is 28.2 Å². The van der Waals surface area contributed by atoms with Crippen molar-refractivity contribution < 1.29 is 14.5 Å². The van der Waals surface area contributed by atoms with Gasteiger partial charge in [0.15, 0.2) is 0 Å². The summed E-state index contributed by atoms with van der Waals surface area (Å²) in [6.45, 7) is 0.659. The Morgan fingerprint density at radius 3 is 2.59 bits per heavy atom. The van der Waals surface area contributed by atoms with E-state index in [0.29, 0.717) is 29.0 Å². The van der Waals surface area contributed by atoms with Gasteiger partial charge in [0, 0.05) is 23.7 Å². The number of non-ortho nitro benzene ring substituents is 1. The summed E-state index contributed by atoms with van der Waals surface area (Å²) >= 11 is 0. The van der Waals surface area contributed by atoms with Crippen molar-refractivity contribution >= 4 is 34.1 Å². The van der Waals surface area contributed by atoms with Crippen molar-refractivity contribution in [2.45, 2.75) is 24.4 Å². The molecule has 0 bridgehead atoms. The molecule has 4 atom stereocenters. The molecule has 3 fully saturated rings. The first kappa shape index (κ1) is 22.3. The van der Waals surface area contributed by atoms with Crippen molar-refractivity contribution in [1.29, 1.82) is 0 Å². The van der Waals surface area contributed by atoms with Crippen LogP contribution in [-0.4, -0.2) is 43.8 Å². The zero-order valence-electron chi connectivity index (χ0n) is 20.6. The van der Waals surface area contributed by atoms with E-state index in [9.17, 15) is 24.5 Å². The maximum absolute atomic E-state index is 14.4. The molecule has 192 valence electrons. The molecule has 5 heterocycles. The van der Waals surface area contributed by atoms with Crippen molar-refractivity contribution in [2.24, 2.45) is 11.8 Å². The molecule has 4 aromatic rings. The van der Waals surface area contributed by atoms with Crippen molar-refractivity contribution in [3.8, 4) is 5.69 Å². The Kier molecular flexibility index (Phi) is 4.26. The van der Waals surface area contributed by atoms with Crippen LogP contribution in [-0.2, 0) is 15.1 Å². The Bertz CT molecular complexity index is 1850. The number of hydrogen-bond donors (Lipinski definition) is 0. The summed E-state index contributed by atoms with van der Waals surface area (Å²) in [5.74, 6) is -1.84. The second kappa shape index (κ2) is 7.45. The topological polar surface area (TPSA) is 119 Å². The third-order valence-electron chi connectivity index (χ3n) is 8.94. The number of nitro benzene ring substituents is 1. The van der Waals surface area contributed by atoms with Crippen LogP contribution in [0.2, 0.25) is 0 Å². The van der Waals surface area contributed by atoms with Gasteiger partial charge in [-0.3, -0.25) is 34.0 Å². The smallest absolute Gasteiger partial charge is 0.271 e. The van der Waals surface area contributed by atoms with Gasteiger partial charge in [-0.25, -0.2) is 9.88 Å². The highest BCUT2D eigenvalue weighted by molar-refractivity contribution is 6.23. The minimum Gasteiger partial charge on any atom is -0.283 e. The second-order valence-electron chi connectivity index (χ2n) is 10.6. The largest absolute Gasteiger partial charge is 0.283 e. The van der Waals surface area contributed by atoms with E-state index in [2.05, 4.69) is 4.90 Å². The van der Waals surface area contributed by atoms with Gasteiger partial charge in [-0.1, -0.05) is 36.4 Å². The molecule has 10 heteroatoms. The summed E-state index contributed by atoms with van der Waals surface area (Å²) in [5, 5.41) is 11.9. The quantitative estimate of drug-likeness (QED) is 0.227. The highest BCUT2D eigenvalue weighted by Crippen LogP contribution is 2.62. The number of aromatic nitrogens is 2. The third kappa shape index (κ3) is 2.54. The van der Waals surface area contributed by atoms with Gasteiger partial charge < -0.3 is 0 Å². The SMILES string of the molecule is O=C1[C@H]2[C@@H]3CCCN3[C@@]3(c4ccccc4-n4c3nc3ccccc3c4=O)[C@H]2C(=O)N1c1cccc([N+](=O)[O-])c1. The van der Waals surface area contributed by atoms with Crippen LogP contribution in [0.25, 0.3) is 16.6 Å². The average Bonchev–Trinajstić information content (AvgIpc) is 3.66. The fourth-order valence-electron chi connectivity index (χ4n) is 7.61. The lowest BCUT2D eigenvalue weighted by molar-refractivity contribution is -0.384. The Hall–Kier alpha value is -4.70. The van der Waals surface area contributed by atoms with Crippen LogP contribution in [0.3, 0.4) is 0 Å². The van der Waals surface area contributed by atoms with E-state index in [4.69, 9.17) is 4.98 Å². The number of nitrogens with zero attached hydrogens (tertiary/aromatic N) is 5. The van der Waals surface area contributed by atoms with Crippen molar-refractivity contribution in [3.63, 3.8) is 0 Å². The van der Waals surface area contributed by atoms with Crippen molar-refractivity contribution in [1.82, 2.24) is 14.5 Å².